The van der Waals surface area contributed by atoms with E-state index < -0.39 is 0 Å². The molecule has 0 aliphatic heterocycles. The van der Waals surface area contributed by atoms with Gasteiger partial charge >= 0.3 is 0 Å². The first-order chi connectivity index (χ1) is 10.3. The van der Waals surface area contributed by atoms with Gasteiger partial charge in [0.15, 0.2) is 0 Å². The Morgan fingerprint density at radius 3 is 2.86 bits per heavy atom. The summed E-state index contributed by atoms with van der Waals surface area (Å²) in [5.41, 5.74) is 2.15. The van der Waals surface area contributed by atoms with E-state index in [1.165, 1.54) is 11.5 Å². The molecular formula is C15H22N4OS. The molecule has 1 unspecified atom stereocenters. The van der Waals surface area contributed by atoms with Crippen LogP contribution >= 0.6 is 11.5 Å². The predicted molar refractivity (Wildman–Crippen MR) is 84.8 cm³/mol. The standard InChI is InChI=1S/C15H22N4OS/c1-4-6-13-15(21-19-18-13)14(16-3)11-8-12(10-17-9-11)20-7-5-2/h8-10,14,16H,4-7H2,1-3H3. The van der Waals surface area contributed by atoms with E-state index in [2.05, 4.69) is 33.7 Å². The minimum atomic E-state index is 0.0595. The highest BCUT2D eigenvalue weighted by Gasteiger charge is 2.20. The lowest BCUT2D eigenvalue weighted by Crippen LogP contribution is -2.18. The summed E-state index contributed by atoms with van der Waals surface area (Å²) >= 11 is 1.45. The molecule has 1 N–H and O–H groups in total. The maximum Gasteiger partial charge on any atom is 0.137 e. The van der Waals surface area contributed by atoms with Crippen molar-refractivity contribution in [3.63, 3.8) is 0 Å². The molecule has 2 heterocycles. The minimum absolute atomic E-state index is 0.0595. The summed E-state index contributed by atoms with van der Waals surface area (Å²) in [7, 11) is 1.94. The summed E-state index contributed by atoms with van der Waals surface area (Å²) in [5.74, 6) is 0.809. The van der Waals surface area contributed by atoms with Gasteiger partial charge in [0.1, 0.15) is 5.75 Å². The first kappa shape index (κ1) is 15.9. The second-order valence-corrected chi connectivity index (χ2v) is 5.64. The fraction of sp³-hybridized carbons (Fsp3) is 0.533. The number of aryl methyl sites for hydroxylation is 1. The predicted octanol–water partition coefficient (Wildman–Crippen LogP) is 2.98. The van der Waals surface area contributed by atoms with Crippen LogP contribution in [0.5, 0.6) is 5.75 Å². The first-order valence-corrected chi connectivity index (χ1v) is 8.13. The fourth-order valence-electron chi connectivity index (χ4n) is 2.19. The van der Waals surface area contributed by atoms with E-state index in [9.17, 15) is 0 Å². The molecule has 6 heteroatoms. The maximum atomic E-state index is 5.67. The summed E-state index contributed by atoms with van der Waals surface area (Å²) in [5, 5.41) is 7.59. The molecular weight excluding hydrogens is 284 g/mol. The van der Waals surface area contributed by atoms with Crippen molar-refractivity contribution in [1.29, 1.82) is 0 Å². The molecule has 0 aliphatic rings. The third-order valence-corrected chi connectivity index (χ3v) is 3.99. The largest absolute Gasteiger partial charge is 0.492 e. The van der Waals surface area contributed by atoms with Crippen molar-refractivity contribution >= 4 is 11.5 Å². The van der Waals surface area contributed by atoms with E-state index >= 15 is 0 Å². The van der Waals surface area contributed by atoms with Gasteiger partial charge in [-0.3, -0.25) is 4.98 Å². The molecule has 2 aromatic heterocycles. The molecule has 0 radical (unpaired) electrons. The average Bonchev–Trinajstić information content (AvgIpc) is 2.95. The van der Waals surface area contributed by atoms with Gasteiger partial charge in [-0.1, -0.05) is 24.8 Å². The molecule has 0 amide bonds. The van der Waals surface area contributed by atoms with Gasteiger partial charge in [-0.2, -0.15) is 0 Å². The third-order valence-electron chi connectivity index (χ3n) is 3.16. The van der Waals surface area contributed by atoms with Crippen molar-refractivity contribution < 1.29 is 4.74 Å². The third kappa shape index (κ3) is 3.98. The van der Waals surface area contributed by atoms with Gasteiger partial charge in [0, 0.05) is 6.20 Å². The van der Waals surface area contributed by atoms with E-state index in [0.717, 1.165) is 41.1 Å². The van der Waals surface area contributed by atoms with E-state index in [1.807, 2.05) is 19.3 Å². The van der Waals surface area contributed by atoms with Crippen LogP contribution in [-0.4, -0.2) is 28.2 Å². The van der Waals surface area contributed by atoms with E-state index in [4.69, 9.17) is 4.74 Å². The summed E-state index contributed by atoms with van der Waals surface area (Å²) in [6.45, 7) is 4.95. The molecule has 114 valence electrons. The SMILES string of the molecule is CCCOc1cncc(C(NC)c2snnc2CCC)c1. The van der Waals surface area contributed by atoms with Gasteiger partial charge in [-0.15, -0.1) is 5.10 Å². The van der Waals surface area contributed by atoms with E-state index in [1.54, 1.807) is 6.20 Å². The number of pyridine rings is 1. The van der Waals surface area contributed by atoms with Crippen LogP contribution in [0.4, 0.5) is 0 Å². The molecule has 0 aliphatic carbocycles. The smallest absolute Gasteiger partial charge is 0.137 e. The second kappa shape index (κ2) is 8.05. The van der Waals surface area contributed by atoms with Crippen LogP contribution in [0, 0.1) is 0 Å². The van der Waals surface area contributed by atoms with Crippen LogP contribution in [-0.2, 0) is 6.42 Å². The highest BCUT2D eigenvalue weighted by atomic mass is 32.1. The van der Waals surface area contributed by atoms with Crippen LogP contribution in [0.25, 0.3) is 0 Å². The van der Waals surface area contributed by atoms with Gasteiger partial charge in [-0.05, 0) is 43.1 Å². The zero-order valence-corrected chi connectivity index (χ0v) is 13.6. The molecule has 0 spiro atoms. The quantitative estimate of drug-likeness (QED) is 0.812. The molecule has 0 saturated heterocycles. The summed E-state index contributed by atoms with van der Waals surface area (Å²) in [4.78, 5) is 5.45. The average molecular weight is 306 g/mol. The minimum Gasteiger partial charge on any atom is -0.492 e. The molecule has 0 fully saturated rings. The van der Waals surface area contributed by atoms with Crippen molar-refractivity contribution in [2.45, 2.75) is 39.2 Å². The molecule has 2 aromatic rings. The molecule has 5 nitrogen and oxygen atoms in total. The van der Waals surface area contributed by atoms with Crippen LogP contribution in [0.15, 0.2) is 18.5 Å². The maximum absolute atomic E-state index is 5.67. The fourth-order valence-corrected chi connectivity index (χ4v) is 3.02. The zero-order chi connectivity index (χ0) is 15.1. The van der Waals surface area contributed by atoms with Crippen LogP contribution in [0.1, 0.15) is 48.9 Å². The Kier molecular flexibility index (Phi) is 6.07. The van der Waals surface area contributed by atoms with Crippen molar-refractivity contribution in [2.24, 2.45) is 0 Å². The lowest BCUT2D eigenvalue weighted by molar-refractivity contribution is 0.315. The van der Waals surface area contributed by atoms with Gasteiger partial charge in [0.2, 0.25) is 0 Å². The van der Waals surface area contributed by atoms with E-state index in [-0.39, 0.29) is 6.04 Å². The summed E-state index contributed by atoms with van der Waals surface area (Å²) in [6.07, 6.45) is 6.62. The Balaban J connectivity index is 2.26. The number of aromatic nitrogens is 3. The van der Waals surface area contributed by atoms with Crippen LogP contribution in [0.2, 0.25) is 0 Å². The van der Waals surface area contributed by atoms with Gasteiger partial charge in [0.25, 0.3) is 0 Å². The number of hydrogen-bond acceptors (Lipinski definition) is 6. The number of ether oxygens (including phenoxy) is 1. The van der Waals surface area contributed by atoms with Gasteiger partial charge < -0.3 is 10.1 Å². The van der Waals surface area contributed by atoms with E-state index in [0.29, 0.717) is 6.61 Å². The van der Waals surface area contributed by atoms with Crippen molar-refractivity contribution in [3.05, 3.63) is 34.6 Å². The molecule has 1 atom stereocenters. The molecule has 21 heavy (non-hydrogen) atoms. The Morgan fingerprint density at radius 2 is 2.14 bits per heavy atom. The van der Waals surface area contributed by atoms with Gasteiger partial charge in [-0.25, -0.2) is 0 Å². The monoisotopic (exact) mass is 306 g/mol. The zero-order valence-electron chi connectivity index (χ0n) is 12.8. The lowest BCUT2D eigenvalue weighted by atomic mass is 10.0. The van der Waals surface area contributed by atoms with Crippen molar-refractivity contribution in [1.82, 2.24) is 19.9 Å². The Labute approximate surface area is 129 Å². The van der Waals surface area contributed by atoms with Gasteiger partial charge in [0.05, 0.1) is 29.4 Å². The highest BCUT2D eigenvalue weighted by Crippen LogP contribution is 2.28. The number of nitrogens with zero attached hydrogens (tertiary/aromatic N) is 3. The van der Waals surface area contributed by atoms with Crippen LogP contribution in [0.3, 0.4) is 0 Å². The normalized spacial score (nSPS) is 12.3. The Morgan fingerprint density at radius 1 is 1.29 bits per heavy atom. The second-order valence-electron chi connectivity index (χ2n) is 4.86. The lowest BCUT2D eigenvalue weighted by Gasteiger charge is -2.16. The highest BCUT2D eigenvalue weighted by molar-refractivity contribution is 7.05. The molecule has 0 aromatic carbocycles. The molecule has 0 bridgehead atoms. The first-order valence-electron chi connectivity index (χ1n) is 7.36. The number of nitrogens with one attached hydrogen (secondary N) is 1. The van der Waals surface area contributed by atoms with Crippen molar-refractivity contribution in [2.75, 3.05) is 13.7 Å². The summed E-state index contributed by atoms with van der Waals surface area (Å²) in [6, 6.07) is 2.10. The number of hydrogen-bond donors (Lipinski definition) is 1. The molecule has 0 saturated carbocycles. The van der Waals surface area contributed by atoms with Crippen molar-refractivity contribution in [3.8, 4) is 5.75 Å². The summed E-state index contributed by atoms with van der Waals surface area (Å²) < 4.78 is 9.77. The number of rotatable bonds is 8. The topological polar surface area (TPSA) is 59.9 Å². The Hall–Kier alpha value is -1.53. The molecule has 2 rings (SSSR count). The Bertz CT molecular complexity index is 558. The van der Waals surface area contributed by atoms with Crippen LogP contribution < -0.4 is 10.1 Å².